The molecular formula is C26H24F2N5O5S+. The fraction of sp³-hybridized carbons (Fsp3) is 0.269. The number of nitrogens with one attached hydrogen (secondary N) is 1. The summed E-state index contributed by atoms with van der Waals surface area (Å²) in [5, 5.41) is 11.8. The van der Waals surface area contributed by atoms with Crippen molar-refractivity contribution in [2.45, 2.75) is 30.9 Å². The largest absolute Gasteiger partial charge is 0.477 e. The van der Waals surface area contributed by atoms with E-state index < -0.39 is 40.8 Å². The summed E-state index contributed by atoms with van der Waals surface area (Å²) in [5.41, 5.74) is 7.52. The first-order valence-electron chi connectivity index (χ1n) is 12.0. The number of aromatic nitrogens is 1. The molecule has 10 nitrogen and oxygen atoms in total. The van der Waals surface area contributed by atoms with Gasteiger partial charge in [-0.15, -0.1) is 11.8 Å². The van der Waals surface area contributed by atoms with E-state index in [1.165, 1.54) is 22.7 Å². The summed E-state index contributed by atoms with van der Waals surface area (Å²) in [5.74, 6) is -4.03. The number of hydrogen-bond acceptors (Lipinski definition) is 6. The molecule has 1 aromatic carbocycles. The Hall–Kier alpha value is -4.10. The van der Waals surface area contributed by atoms with Crippen LogP contribution in [0.25, 0.3) is 0 Å². The van der Waals surface area contributed by atoms with Gasteiger partial charge in [0.15, 0.2) is 24.0 Å². The number of anilines is 1. The van der Waals surface area contributed by atoms with Crippen molar-refractivity contribution in [2.75, 3.05) is 17.6 Å². The smallest absolute Gasteiger partial charge is 0.352 e. The molecular weight excluding hydrogens is 532 g/mol. The van der Waals surface area contributed by atoms with Crippen LogP contribution in [0.15, 0.2) is 65.6 Å². The molecule has 0 spiro atoms. The molecule has 2 fully saturated rings. The predicted molar refractivity (Wildman–Crippen MR) is 135 cm³/mol. The summed E-state index contributed by atoms with van der Waals surface area (Å²) < 4.78 is 28.0. The molecule has 3 amide bonds. The zero-order valence-electron chi connectivity index (χ0n) is 20.5. The number of nitrogens with zero attached hydrogens (tertiary/aromatic N) is 3. The van der Waals surface area contributed by atoms with Crippen LogP contribution in [0.3, 0.4) is 0 Å². The summed E-state index contributed by atoms with van der Waals surface area (Å²) in [4.78, 5) is 52.2. The van der Waals surface area contributed by atoms with E-state index in [1.54, 1.807) is 40.1 Å². The number of pyridine rings is 1. The minimum absolute atomic E-state index is 0.0564. The van der Waals surface area contributed by atoms with Crippen molar-refractivity contribution in [3.8, 4) is 0 Å². The van der Waals surface area contributed by atoms with Gasteiger partial charge >= 0.3 is 5.97 Å². The molecule has 2 aromatic rings. The second kappa shape index (κ2) is 10.6. The van der Waals surface area contributed by atoms with Gasteiger partial charge in [-0.3, -0.25) is 19.3 Å². The average Bonchev–Trinajstić information content (AvgIpc) is 3.24. The van der Waals surface area contributed by atoms with Crippen molar-refractivity contribution in [1.82, 2.24) is 9.80 Å². The van der Waals surface area contributed by atoms with Crippen LogP contribution in [0.1, 0.15) is 12.0 Å². The number of likely N-dealkylation sites (tertiary alicyclic amines) is 1. The molecule has 1 aromatic heterocycles. The molecule has 0 aliphatic carbocycles. The number of thioether (sulfide) groups is 1. The van der Waals surface area contributed by atoms with Gasteiger partial charge < -0.3 is 21.1 Å². The molecule has 3 aliphatic rings. The van der Waals surface area contributed by atoms with E-state index in [0.717, 1.165) is 17.7 Å². The van der Waals surface area contributed by atoms with E-state index in [9.17, 15) is 33.1 Å². The van der Waals surface area contributed by atoms with Gasteiger partial charge in [0.05, 0.1) is 0 Å². The maximum atomic E-state index is 13.3. The number of allylic oxidation sites excluding steroid dienone is 1. The Bertz CT molecular complexity index is 1440. The Kier molecular flexibility index (Phi) is 7.19. The first kappa shape index (κ1) is 26.5. The number of benzene rings is 1. The summed E-state index contributed by atoms with van der Waals surface area (Å²) in [6, 6.07) is 5.91. The number of carboxylic acid groups (broad SMARTS) is 1. The molecule has 4 heterocycles. The van der Waals surface area contributed by atoms with Gasteiger partial charge in [-0.2, -0.15) is 4.57 Å². The van der Waals surface area contributed by atoms with Gasteiger partial charge in [-0.1, -0.05) is 0 Å². The summed E-state index contributed by atoms with van der Waals surface area (Å²) in [7, 11) is 0. The van der Waals surface area contributed by atoms with Crippen LogP contribution in [-0.2, 0) is 32.3 Å². The number of halogens is 2. The third kappa shape index (κ3) is 5.27. The minimum Gasteiger partial charge on any atom is -0.477 e. The molecule has 39 heavy (non-hydrogen) atoms. The molecule has 3 aliphatic heterocycles. The van der Waals surface area contributed by atoms with E-state index in [2.05, 4.69) is 5.32 Å². The van der Waals surface area contributed by atoms with E-state index in [-0.39, 0.29) is 23.8 Å². The van der Waals surface area contributed by atoms with Crippen molar-refractivity contribution in [1.29, 1.82) is 0 Å². The standard InChI is InChI=1S/C26H23F2N5O5S/c27-18-2-1-17(10-19(18)28)30-20(34)12-31-6-3-14(4-7-31)11-32-8-5-15(23(32)35)9-16-13-39-25-21(29)24(36)33(25)22(16)26(37)38/h1-4,6-7,9-10,21,25H,5,8,11-13,29H2,(H-,30,34,37,38)/p+1/b15-9+/t21-,25-/m1/s1. The lowest BCUT2D eigenvalue weighted by molar-refractivity contribution is -0.684. The monoisotopic (exact) mass is 556 g/mol. The molecule has 0 bridgehead atoms. The zero-order chi connectivity index (χ0) is 27.8. The van der Waals surface area contributed by atoms with Crippen molar-refractivity contribution >= 4 is 41.1 Å². The van der Waals surface area contributed by atoms with E-state index in [0.29, 0.717) is 36.4 Å². The molecule has 202 valence electrons. The summed E-state index contributed by atoms with van der Waals surface area (Å²) in [6.45, 7) is 0.716. The van der Waals surface area contributed by atoms with Crippen LogP contribution in [0.4, 0.5) is 14.5 Å². The number of rotatable bonds is 7. The molecule has 0 radical (unpaired) electrons. The number of carbonyl (C=O) groups is 4. The van der Waals surface area contributed by atoms with Crippen molar-refractivity contribution in [2.24, 2.45) is 5.73 Å². The highest BCUT2D eigenvalue weighted by Crippen LogP contribution is 2.40. The first-order valence-corrected chi connectivity index (χ1v) is 13.1. The number of carbonyl (C=O) groups excluding carboxylic acids is 3. The highest BCUT2D eigenvalue weighted by atomic mass is 32.2. The van der Waals surface area contributed by atoms with Gasteiger partial charge in [-0.25, -0.2) is 13.6 Å². The van der Waals surface area contributed by atoms with E-state index >= 15 is 0 Å². The SMILES string of the molecule is N[C@@H]1C(=O)N2C(C(=O)O)=C(/C=C3\CCN(Cc4cc[n+](CC(=O)Nc5ccc(F)c(F)c5)cc4)C3=O)CS[C@H]12. The lowest BCUT2D eigenvalue weighted by Crippen LogP contribution is -2.68. The molecule has 0 saturated carbocycles. The normalized spacial score (nSPS) is 21.8. The van der Waals surface area contributed by atoms with Gasteiger partial charge in [0, 0.05) is 48.3 Å². The maximum Gasteiger partial charge on any atom is 0.352 e. The van der Waals surface area contributed by atoms with E-state index in [4.69, 9.17) is 5.73 Å². The van der Waals surface area contributed by atoms with Crippen LogP contribution < -0.4 is 15.6 Å². The Morgan fingerprint density at radius 3 is 2.62 bits per heavy atom. The predicted octanol–water partition coefficient (Wildman–Crippen LogP) is 1.13. The zero-order valence-corrected chi connectivity index (χ0v) is 21.3. The Balaban J connectivity index is 1.21. The van der Waals surface area contributed by atoms with Crippen LogP contribution >= 0.6 is 11.8 Å². The third-order valence-electron chi connectivity index (χ3n) is 6.67. The molecule has 5 rings (SSSR count). The summed E-state index contributed by atoms with van der Waals surface area (Å²) >= 11 is 1.38. The van der Waals surface area contributed by atoms with Gasteiger partial charge in [0.1, 0.15) is 17.1 Å². The van der Waals surface area contributed by atoms with Gasteiger partial charge in [0.25, 0.3) is 5.91 Å². The highest BCUT2D eigenvalue weighted by molar-refractivity contribution is 8.00. The highest BCUT2D eigenvalue weighted by Gasteiger charge is 2.51. The average molecular weight is 557 g/mol. The van der Waals surface area contributed by atoms with Crippen LogP contribution in [-0.4, -0.2) is 62.3 Å². The van der Waals surface area contributed by atoms with Crippen LogP contribution in [0, 0.1) is 11.6 Å². The molecule has 0 unspecified atom stereocenters. The topological polar surface area (TPSA) is 137 Å². The number of amides is 3. The Morgan fingerprint density at radius 2 is 1.92 bits per heavy atom. The second-order valence-corrected chi connectivity index (χ2v) is 10.4. The van der Waals surface area contributed by atoms with Crippen molar-refractivity contribution in [3.63, 3.8) is 0 Å². The number of nitrogens with two attached hydrogens (primary N) is 1. The molecule has 2 saturated heterocycles. The van der Waals surface area contributed by atoms with Gasteiger partial charge in [-0.05, 0) is 35.8 Å². The molecule has 2 atom stereocenters. The van der Waals surface area contributed by atoms with Crippen molar-refractivity contribution in [3.05, 3.63) is 82.8 Å². The Morgan fingerprint density at radius 1 is 1.18 bits per heavy atom. The fourth-order valence-electron chi connectivity index (χ4n) is 4.67. The van der Waals surface area contributed by atoms with Crippen LogP contribution in [0.2, 0.25) is 0 Å². The van der Waals surface area contributed by atoms with Crippen LogP contribution in [0.5, 0.6) is 0 Å². The third-order valence-corrected chi connectivity index (χ3v) is 7.99. The molecule has 13 heteroatoms. The number of β-lactam (4-membered cyclic amide) rings is 1. The lowest BCUT2D eigenvalue weighted by Gasteiger charge is -2.47. The van der Waals surface area contributed by atoms with Gasteiger partial charge in [0.2, 0.25) is 18.4 Å². The molecule has 4 N–H and O–H groups in total. The number of hydrogen-bond donors (Lipinski definition) is 3. The fourth-order valence-corrected chi connectivity index (χ4v) is 5.92. The number of aliphatic carboxylic acids is 1. The quantitative estimate of drug-likeness (QED) is 0.264. The lowest BCUT2D eigenvalue weighted by atomic mass is 10.0. The number of carboxylic acids is 1. The first-order chi connectivity index (χ1) is 18.6. The second-order valence-electron chi connectivity index (χ2n) is 9.32. The summed E-state index contributed by atoms with van der Waals surface area (Å²) in [6.07, 6.45) is 5.36. The van der Waals surface area contributed by atoms with Crippen molar-refractivity contribution < 1.29 is 37.6 Å². The van der Waals surface area contributed by atoms with E-state index in [1.807, 2.05) is 0 Å². The minimum atomic E-state index is -1.23. The Labute approximate surface area is 225 Å². The maximum absolute atomic E-state index is 13.3. The number of fused-ring (bicyclic) bond motifs is 1.